The van der Waals surface area contributed by atoms with Crippen LogP contribution in [0.25, 0.3) is 5.69 Å². The van der Waals surface area contributed by atoms with Crippen LogP contribution in [0.4, 0.5) is 0 Å². The predicted octanol–water partition coefficient (Wildman–Crippen LogP) is 2.57. The highest BCUT2D eigenvalue weighted by Gasteiger charge is 2.28. The van der Waals surface area contributed by atoms with E-state index in [1.54, 1.807) is 19.6 Å². The molecule has 0 amide bonds. The van der Waals surface area contributed by atoms with Crippen LogP contribution in [0.2, 0.25) is 0 Å². The number of aromatic nitrogens is 5. The number of hydrogen-bond acceptors (Lipinski definition) is 7. The van der Waals surface area contributed by atoms with Crippen LogP contribution in [-0.2, 0) is 18.3 Å². The average Bonchev–Trinajstić information content (AvgIpc) is 3.40. The molecule has 1 saturated heterocycles. The first-order valence-electron chi connectivity index (χ1n) is 10.6. The van der Waals surface area contributed by atoms with E-state index in [4.69, 9.17) is 9.47 Å². The van der Waals surface area contributed by atoms with Gasteiger partial charge in [0, 0.05) is 26.1 Å². The number of benzene rings is 1. The quantitative estimate of drug-likeness (QED) is 0.539. The third-order valence-electron chi connectivity index (χ3n) is 5.67. The van der Waals surface area contributed by atoms with E-state index in [0.717, 1.165) is 48.9 Å². The molecule has 4 rings (SSSR count). The fraction of sp³-hybridized carbons (Fsp3) is 0.455. The second-order valence-electron chi connectivity index (χ2n) is 7.71. The van der Waals surface area contributed by atoms with Gasteiger partial charge in [0.1, 0.15) is 23.5 Å². The van der Waals surface area contributed by atoms with Crippen LogP contribution in [0.5, 0.6) is 5.75 Å². The van der Waals surface area contributed by atoms with Gasteiger partial charge in [0.05, 0.1) is 31.3 Å². The van der Waals surface area contributed by atoms with Gasteiger partial charge in [-0.15, -0.1) is 10.2 Å². The fourth-order valence-corrected chi connectivity index (χ4v) is 4.13. The van der Waals surface area contributed by atoms with Crippen LogP contribution in [0.1, 0.15) is 47.6 Å². The summed E-state index contributed by atoms with van der Waals surface area (Å²) in [5.74, 6) is 1.73. The molecule has 1 aliphatic heterocycles. The van der Waals surface area contributed by atoms with Crippen molar-refractivity contribution in [1.29, 1.82) is 0 Å². The maximum atomic E-state index is 12.6. The summed E-state index contributed by atoms with van der Waals surface area (Å²) in [7, 11) is 3.61. The van der Waals surface area contributed by atoms with Crippen molar-refractivity contribution in [3.63, 3.8) is 0 Å². The molecule has 0 radical (unpaired) electrons. The van der Waals surface area contributed by atoms with Gasteiger partial charge in [-0.3, -0.25) is 4.90 Å². The smallest absolute Gasteiger partial charge is 0.341 e. The summed E-state index contributed by atoms with van der Waals surface area (Å²) in [5, 5.41) is 12.9. The van der Waals surface area contributed by atoms with Crippen LogP contribution in [-0.4, -0.2) is 62.2 Å². The van der Waals surface area contributed by atoms with Gasteiger partial charge < -0.3 is 14.0 Å². The lowest BCUT2D eigenvalue weighted by molar-refractivity contribution is 0.0523. The molecule has 1 aliphatic rings. The molecule has 2 aromatic heterocycles. The Morgan fingerprint density at radius 2 is 2.06 bits per heavy atom. The molecule has 1 atom stereocenters. The molecule has 9 heteroatoms. The van der Waals surface area contributed by atoms with Gasteiger partial charge in [0.25, 0.3) is 0 Å². The number of piperidine rings is 1. The minimum absolute atomic E-state index is 0.310. The van der Waals surface area contributed by atoms with Crippen LogP contribution < -0.4 is 4.74 Å². The first kappa shape index (κ1) is 21.0. The van der Waals surface area contributed by atoms with E-state index in [2.05, 4.69) is 20.2 Å². The molecule has 0 aliphatic carbocycles. The normalized spacial score (nSPS) is 16.9. The van der Waals surface area contributed by atoms with E-state index in [1.165, 1.54) is 0 Å². The zero-order chi connectivity index (χ0) is 21.8. The molecule has 164 valence electrons. The van der Waals surface area contributed by atoms with Crippen molar-refractivity contribution in [2.75, 3.05) is 26.8 Å². The van der Waals surface area contributed by atoms with Crippen molar-refractivity contribution in [1.82, 2.24) is 29.4 Å². The highest BCUT2D eigenvalue weighted by Crippen LogP contribution is 2.27. The van der Waals surface area contributed by atoms with Gasteiger partial charge >= 0.3 is 5.97 Å². The second kappa shape index (κ2) is 9.30. The molecule has 31 heavy (non-hydrogen) atoms. The Labute approximate surface area is 181 Å². The zero-order valence-electron chi connectivity index (χ0n) is 18.2. The molecule has 1 aromatic carbocycles. The minimum Gasteiger partial charge on any atom is -0.497 e. The lowest BCUT2D eigenvalue weighted by Gasteiger charge is -2.32. The summed E-state index contributed by atoms with van der Waals surface area (Å²) in [6, 6.07) is 7.64. The number of nitrogens with zero attached hydrogens (tertiary/aromatic N) is 6. The second-order valence-corrected chi connectivity index (χ2v) is 7.71. The van der Waals surface area contributed by atoms with E-state index in [9.17, 15) is 4.79 Å². The SMILES string of the molecule is CCOC(=O)c1cnn(-c2ccc(OC)cc2)c1CN1CCC[C@H](c2nncn2C)C1. The number of aryl methyl sites for hydroxylation is 1. The number of hydrogen-bond donors (Lipinski definition) is 0. The lowest BCUT2D eigenvalue weighted by atomic mass is 9.97. The summed E-state index contributed by atoms with van der Waals surface area (Å²) in [6.07, 6.45) is 5.47. The van der Waals surface area contributed by atoms with Crippen molar-refractivity contribution in [3.8, 4) is 11.4 Å². The Kier molecular flexibility index (Phi) is 6.31. The molecule has 0 unspecified atom stereocenters. The largest absolute Gasteiger partial charge is 0.497 e. The third kappa shape index (κ3) is 4.46. The molecule has 0 bridgehead atoms. The van der Waals surface area contributed by atoms with Crippen molar-refractivity contribution in [2.45, 2.75) is 32.2 Å². The van der Waals surface area contributed by atoms with Crippen LogP contribution in [0.15, 0.2) is 36.8 Å². The number of carbonyl (C=O) groups excluding carboxylic acids is 1. The van der Waals surface area contributed by atoms with Crippen molar-refractivity contribution in [3.05, 3.63) is 53.9 Å². The Balaban J connectivity index is 1.62. The first-order valence-corrected chi connectivity index (χ1v) is 10.6. The van der Waals surface area contributed by atoms with Gasteiger partial charge in [-0.2, -0.15) is 5.10 Å². The lowest BCUT2D eigenvalue weighted by Crippen LogP contribution is -2.35. The molecule has 0 N–H and O–H groups in total. The number of carbonyl (C=O) groups is 1. The molecular weight excluding hydrogens is 396 g/mol. The Morgan fingerprint density at radius 1 is 1.26 bits per heavy atom. The van der Waals surface area contributed by atoms with E-state index >= 15 is 0 Å². The Bertz CT molecular complexity index is 1030. The van der Waals surface area contributed by atoms with Crippen molar-refractivity contribution < 1.29 is 14.3 Å². The monoisotopic (exact) mass is 424 g/mol. The topological polar surface area (TPSA) is 87.3 Å². The number of methoxy groups -OCH3 is 1. The van der Waals surface area contributed by atoms with E-state index in [1.807, 2.05) is 47.5 Å². The molecule has 3 heterocycles. The van der Waals surface area contributed by atoms with Crippen LogP contribution in [0.3, 0.4) is 0 Å². The standard InChI is InChI=1S/C22H28N6O3/c1-4-31-22(29)19-12-24-28(17-7-9-18(30-3)10-8-17)20(19)14-27-11-5-6-16(13-27)21-25-23-15-26(21)2/h7-10,12,15-16H,4-6,11,13-14H2,1-3H3/t16-/m0/s1. The molecule has 1 fully saturated rings. The number of likely N-dealkylation sites (tertiary alicyclic amines) is 1. The molecule has 0 saturated carbocycles. The van der Waals surface area contributed by atoms with Crippen LogP contribution in [0, 0.1) is 0 Å². The molecular formula is C22H28N6O3. The maximum absolute atomic E-state index is 12.6. The van der Waals surface area contributed by atoms with Gasteiger partial charge in [-0.25, -0.2) is 9.48 Å². The number of esters is 1. The highest BCUT2D eigenvalue weighted by molar-refractivity contribution is 5.90. The summed E-state index contributed by atoms with van der Waals surface area (Å²) < 4.78 is 14.4. The summed E-state index contributed by atoms with van der Waals surface area (Å²) in [6.45, 7) is 4.52. The number of ether oxygens (including phenoxy) is 2. The Morgan fingerprint density at radius 3 is 2.74 bits per heavy atom. The predicted molar refractivity (Wildman–Crippen MR) is 114 cm³/mol. The van der Waals surface area contributed by atoms with E-state index in [0.29, 0.717) is 24.6 Å². The fourth-order valence-electron chi connectivity index (χ4n) is 4.13. The summed E-state index contributed by atoms with van der Waals surface area (Å²) in [5.41, 5.74) is 2.19. The van der Waals surface area contributed by atoms with Gasteiger partial charge in [0.2, 0.25) is 0 Å². The van der Waals surface area contributed by atoms with Gasteiger partial charge in [-0.1, -0.05) is 0 Å². The number of rotatable bonds is 7. The summed E-state index contributed by atoms with van der Waals surface area (Å²) in [4.78, 5) is 15.0. The van der Waals surface area contributed by atoms with Crippen molar-refractivity contribution in [2.24, 2.45) is 7.05 Å². The summed E-state index contributed by atoms with van der Waals surface area (Å²) >= 11 is 0. The van der Waals surface area contributed by atoms with E-state index in [-0.39, 0.29) is 5.97 Å². The van der Waals surface area contributed by atoms with Crippen molar-refractivity contribution >= 4 is 5.97 Å². The average molecular weight is 425 g/mol. The zero-order valence-corrected chi connectivity index (χ0v) is 18.2. The van der Waals surface area contributed by atoms with Gasteiger partial charge in [0.15, 0.2) is 0 Å². The third-order valence-corrected chi connectivity index (χ3v) is 5.67. The first-order chi connectivity index (χ1) is 15.1. The molecule has 0 spiro atoms. The van der Waals surface area contributed by atoms with Gasteiger partial charge in [-0.05, 0) is 50.6 Å². The van der Waals surface area contributed by atoms with E-state index < -0.39 is 0 Å². The Hall–Kier alpha value is -3.20. The minimum atomic E-state index is -0.348. The maximum Gasteiger partial charge on any atom is 0.341 e. The molecule has 9 nitrogen and oxygen atoms in total. The molecule has 3 aromatic rings. The highest BCUT2D eigenvalue weighted by atomic mass is 16.5. The van der Waals surface area contributed by atoms with Crippen LogP contribution >= 0.6 is 0 Å².